The maximum absolute atomic E-state index is 13.5. The van der Waals surface area contributed by atoms with E-state index in [1.807, 2.05) is 0 Å². The number of alkyl halides is 3. The van der Waals surface area contributed by atoms with Crippen molar-refractivity contribution in [1.29, 1.82) is 0 Å². The van der Waals surface area contributed by atoms with Gasteiger partial charge in [-0.3, -0.25) is 0 Å². The first-order chi connectivity index (χ1) is 10.7. The third kappa shape index (κ3) is 3.99. The predicted molar refractivity (Wildman–Crippen MR) is 72.0 cm³/mol. The quantitative estimate of drug-likeness (QED) is 0.667. The number of rotatable bonds is 4. The van der Waals surface area contributed by atoms with Crippen LogP contribution in [-0.4, -0.2) is 17.2 Å². The lowest BCUT2D eigenvalue weighted by Crippen LogP contribution is -2.33. The van der Waals surface area contributed by atoms with Crippen LogP contribution in [-0.2, 0) is 12.8 Å². The Morgan fingerprint density at radius 3 is 2.30 bits per heavy atom. The second kappa shape index (κ2) is 6.55. The van der Waals surface area contributed by atoms with E-state index in [1.54, 1.807) is 0 Å². The van der Waals surface area contributed by atoms with Crippen LogP contribution in [0.1, 0.15) is 11.1 Å². The van der Waals surface area contributed by atoms with Crippen LogP contribution >= 0.6 is 0 Å². The van der Waals surface area contributed by atoms with E-state index in [-0.39, 0.29) is 5.56 Å². The molecule has 122 valence electrons. The molecule has 2 rings (SSSR count). The molecule has 0 spiro atoms. The number of para-hydroxylation sites is 1. The topological polar surface area (TPSA) is 49.7 Å². The lowest BCUT2D eigenvalue weighted by Gasteiger charge is -2.17. The van der Waals surface area contributed by atoms with Gasteiger partial charge in [0.15, 0.2) is 0 Å². The molecule has 0 aliphatic heterocycles. The fourth-order valence-electron chi connectivity index (χ4n) is 1.93. The number of ether oxygens (including phenoxy) is 1. The summed E-state index contributed by atoms with van der Waals surface area (Å²) in [5.41, 5.74) is -1.92. The van der Waals surface area contributed by atoms with Crippen LogP contribution in [0.3, 0.4) is 0 Å². The smallest absolute Gasteiger partial charge is 0.489 e. The van der Waals surface area contributed by atoms with Gasteiger partial charge in [0.1, 0.15) is 24.0 Å². The number of benzene rings is 2. The summed E-state index contributed by atoms with van der Waals surface area (Å²) in [4.78, 5) is 0. The lowest BCUT2D eigenvalue weighted by atomic mass is 9.78. The van der Waals surface area contributed by atoms with Gasteiger partial charge >= 0.3 is 13.3 Å². The molecule has 0 aliphatic rings. The van der Waals surface area contributed by atoms with Crippen molar-refractivity contribution in [3.8, 4) is 5.75 Å². The highest BCUT2D eigenvalue weighted by atomic mass is 19.4. The Morgan fingerprint density at radius 1 is 1.04 bits per heavy atom. The zero-order valence-electron chi connectivity index (χ0n) is 11.4. The Kier molecular flexibility index (Phi) is 4.91. The van der Waals surface area contributed by atoms with Gasteiger partial charge in [-0.05, 0) is 18.2 Å². The molecule has 0 unspecified atom stereocenters. The maximum atomic E-state index is 13.5. The Balaban J connectivity index is 2.37. The maximum Gasteiger partial charge on any atom is 0.492 e. The van der Waals surface area contributed by atoms with Gasteiger partial charge in [0.25, 0.3) is 0 Å². The zero-order chi connectivity index (χ0) is 17.2. The molecule has 0 bridgehead atoms. The first kappa shape index (κ1) is 17.2. The Labute approximate surface area is 128 Å². The van der Waals surface area contributed by atoms with E-state index >= 15 is 0 Å². The van der Waals surface area contributed by atoms with Crippen LogP contribution in [0, 0.1) is 11.6 Å². The summed E-state index contributed by atoms with van der Waals surface area (Å²) in [6.07, 6.45) is -4.80. The third-order valence-electron chi connectivity index (χ3n) is 3.02. The van der Waals surface area contributed by atoms with Crippen LogP contribution in [0.5, 0.6) is 5.75 Å². The Bertz CT molecular complexity index is 703. The van der Waals surface area contributed by atoms with E-state index < -0.39 is 48.3 Å². The molecule has 0 aliphatic carbocycles. The first-order valence-corrected chi connectivity index (χ1v) is 6.33. The molecule has 2 aromatic rings. The molecule has 0 saturated carbocycles. The molecule has 0 fully saturated rings. The molecule has 2 aromatic carbocycles. The predicted octanol–water partition coefficient (Wildman–Crippen LogP) is 2.24. The van der Waals surface area contributed by atoms with Crippen molar-refractivity contribution in [1.82, 2.24) is 0 Å². The largest absolute Gasteiger partial charge is 0.492 e. The average molecular weight is 332 g/mol. The molecule has 0 radical (unpaired) electrons. The summed E-state index contributed by atoms with van der Waals surface area (Å²) < 4.78 is 70.2. The minimum Gasteiger partial charge on any atom is -0.489 e. The summed E-state index contributed by atoms with van der Waals surface area (Å²) in [5.74, 6) is -2.65. The van der Waals surface area contributed by atoms with E-state index in [9.17, 15) is 22.0 Å². The summed E-state index contributed by atoms with van der Waals surface area (Å²) >= 11 is 0. The highest BCUT2D eigenvalue weighted by Crippen LogP contribution is 2.35. The van der Waals surface area contributed by atoms with Crippen molar-refractivity contribution in [3.63, 3.8) is 0 Å². The molecule has 0 saturated heterocycles. The average Bonchev–Trinajstić information content (AvgIpc) is 2.45. The van der Waals surface area contributed by atoms with Gasteiger partial charge in [-0.1, -0.05) is 12.1 Å². The van der Waals surface area contributed by atoms with E-state index in [0.717, 1.165) is 24.3 Å². The van der Waals surface area contributed by atoms with Gasteiger partial charge in [-0.25, -0.2) is 8.78 Å². The summed E-state index contributed by atoms with van der Waals surface area (Å²) in [6.45, 7) is -0.640. The molecular weight excluding hydrogens is 322 g/mol. The van der Waals surface area contributed by atoms with Gasteiger partial charge in [-0.15, -0.1) is 0 Å². The summed E-state index contributed by atoms with van der Waals surface area (Å²) in [5, 5.41) is 18.3. The highest BCUT2D eigenvalue weighted by Gasteiger charge is 2.37. The second-order valence-electron chi connectivity index (χ2n) is 4.62. The first-order valence-electron chi connectivity index (χ1n) is 6.33. The van der Waals surface area contributed by atoms with Gasteiger partial charge in [0.2, 0.25) is 0 Å². The van der Waals surface area contributed by atoms with Crippen molar-refractivity contribution in [2.75, 3.05) is 0 Å². The molecule has 0 atom stereocenters. The fraction of sp³-hybridized carbons (Fsp3) is 0.143. The van der Waals surface area contributed by atoms with Crippen LogP contribution < -0.4 is 10.2 Å². The second-order valence-corrected chi connectivity index (χ2v) is 4.62. The molecule has 0 aromatic heterocycles. The number of hydrogen-bond acceptors (Lipinski definition) is 3. The Morgan fingerprint density at radius 2 is 1.74 bits per heavy atom. The van der Waals surface area contributed by atoms with Crippen LogP contribution in [0.4, 0.5) is 22.0 Å². The van der Waals surface area contributed by atoms with E-state index in [4.69, 9.17) is 14.8 Å². The van der Waals surface area contributed by atoms with Crippen LogP contribution in [0.25, 0.3) is 0 Å². The van der Waals surface area contributed by atoms with Gasteiger partial charge in [0.05, 0.1) is 5.56 Å². The van der Waals surface area contributed by atoms with Crippen molar-refractivity contribution in [2.24, 2.45) is 0 Å². The monoisotopic (exact) mass is 332 g/mol. The molecule has 0 amide bonds. The van der Waals surface area contributed by atoms with Crippen LogP contribution in [0.2, 0.25) is 0 Å². The third-order valence-corrected chi connectivity index (χ3v) is 3.02. The normalized spacial score (nSPS) is 11.4. The van der Waals surface area contributed by atoms with Gasteiger partial charge in [-0.2, -0.15) is 13.2 Å². The van der Waals surface area contributed by atoms with E-state index in [1.165, 1.54) is 0 Å². The zero-order valence-corrected chi connectivity index (χ0v) is 11.4. The minimum absolute atomic E-state index is 0.179. The molecule has 3 nitrogen and oxygen atoms in total. The SMILES string of the molecule is OB(O)c1cccc(C(F)(F)F)c1OCc1ccc(F)cc1F. The molecule has 2 N–H and O–H groups in total. The van der Waals surface area contributed by atoms with Crippen molar-refractivity contribution in [3.05, 3.63) is 59.2 Å². The van der Waals surface area contributed by atoms with Crippen molar-refractivity contribution >= 4 is 12.6 Å². The standard InChI is InChI=1S/C14H10BF5O3/c16-9-5-4-8(12(17)6-9)7-23-13-10(14(18,19)20)2-1-3-11(13)15(21)22/h1-6,21-22H,7H2. The minimum atomic E-state index is -4.80. The van der Waals surface area contributed by atoms with Gasteiger partial charge < -0.3 is 14.8 Å². The van der Waals surface area contributed by atoms with Crippen molar-refractivity contribution < 1.29 is 36.7 Å². The van der Waals surface area contributed by atoms with Crippen molar-refractivity contribution in [2.45, 2.75) is 12.8 Å². The highest BCUT2D eigenvalue weighted by molar-refractivity contribution is 6.59. The molecule has 0 heterocycles. The van der Waals surface area contributed by atoms with Crippen LogP contribution in [0.15, 0.2) is 36.4 Å². The summed E-state index contributed by atoms with van der Waals surface area (Å²) in [7, 11) is -2.20. The lowest BCUT2D eigenvalue weighted by molar-refractivity contribution is -0.138. The number of hydrogen-bond donors (Lipinski definition) is 2. The fourth-order valence-corrected chi connectivity index (χ4v) is 1.93. The number of halogens is 5. The van der Waals surface area contributed by atoms with Gasteiger partial charge in [0, 0.05) is 17.1 Å². The van der Waals surface area contributed by atoms with E-state index in [2.05, 4.69) is 0 Å². The summed E-state index contributed by atoms with van der Waals surface area (Å²) in [6, 6.07) is 5.24. The Hall–Kier alpha value is -2.13. The molecular formula is C14H10BF5O3. The van der Waals surface area contributed by atoms with E-state index in [0.29, 0.717) is 12.1 Å². The molecule has 9 heteroatoms. The molecule has 23 heavy (non-hydrogen) atoms.